The van der Waals surface area contributed by atoms with Gasteiger partial charge in [0.25, 0.3) is 0 Å². The largest absolute Gasteiger partial charge is 0.325 e. The predicted octanol–water partition coefficient (Wildman–Crippen LogP) is 5.29. The highest BCUT2D eigenvalue weighted by molar-refractivity contribution is 7.99. The third-order valence-electron chi connectivity index (χ3n) is 5.33. The fourth-order valence-corrected chi connectivity index (χ4v) is 4.25. The first-order valence-corrected chi connectivity index (χ1v) is 11.4. The summed E-state index contributed by atoms with van der Waals surface area (Å²) in [5.41, 5.74) is 7.03. The molecule has 7 heteroatoms. The number of nitrogens with zero attached hydrogens (tertiary/aromatic N) is 4. The van der Waals surface area contributed by atoms with Gasteiger partial charge in [-0.1, -0.05) is 47.7 Å². The number of nitrogens with one attached hydrogen (secondary N) is 1. The number of pyridine rings is 1. The Labute approximate surface area is 192 Å². The van der Waals surface area contributed by atoms with Crippen molar-refractivity contribution in [1.29, 1.82) is 0 Å². The van der Waals surface area contributed by atoms with Crippen molar-refractivity contribution in [3.63, 3.8) is 0 Å². The van der Waals surface area contributed by atoms with Gasteiger partial charge in [-0.2, -0.15) is 0 Å². The van der Waals surface area contributed by atoms with Crippen molar-refractivity contribution in [1.82, 2.24) is 19.7 Å². The molecule has 0 fully saturated rings. The first-order chi connectivity index (χ1) is 15.4. The van der Waals surface area contributed by atoms with Crippen molar-refractivity contribution in [2.75, 3.05) is 11.1 Å². The van der Waals surface area contributed by atoms with Gasteiger partial charge in [-0.25, -0.2) is 0 Å². The van der Waals surface area contributed by atoms with E-state index in [1.807, 2.05) is 54.8 Å². The van der Waals surface area contributed by atoms with E-state index in [0.717, 1.165) is 33.8 Å². The first kappa shape index (κ1) is 21.8. The number of hydrogen-bond acceptors (Lipinski definition) is 5. The molecule has 0 aliphatic rings. The van der Waals surface area contributed by atoms with Gasteiger partial charge in [0.15, 0.2) is 11.0 Å². The summed E-state index contributed by atoms with van der Waals surface area (Å²) in [6, 6.07) is 17.8. The van der Waals surface area contributed by atoms with Gasteiger partial charge in [-0.3, -0.25) is 14.3 Å². The van der Waals surface area contributed by atoms with E-state index in [4.69, 9.17) is 0 Å². The van der Waals surface area contributed by atoms with Crippen LogP contribution < -0.4 is 5.32 Å². The minimum Gasteiger partial charge on any atom is -0.325 e. The molecule has 1 amide bonds. The number of carbonyl (C=O) groups excluding carboxylic acids is 1. The highest BCUT2D eigenvalue weighted by Gasteiger charge is 2.19. The van der Waals surface area contributed by atoms with Crippen molar-refractivity contribution in [3.05, 3.63) is 83.0 Å². The topological polar surface area (TPSA) is 72.7 Å². The van der Waals surface area contributed by atoms with Gasteiger partial charge >= 0.3 is 0 Å². The lowest BCUT2D eigenvalue weighted by atomic mass is 10.1. The van der Waals surface area contributed by atoms with E-state index < -0.39 is 0 Å². The molecule has 0 unspecified atom stereocenters. The van der Waals surface area contributed by atoms with Crippen molar-refractivity contribution >= 4 is 23.4 Å². The third kappa shape index (κ3) is 4.57. The SMILES string of the molecule is Cc1ccc(-n2c(SCC(=O)Nc3cccc(C)c3C)nnc2-c2ccccn2)c(C)c1. The van der Waals surface area contributed by atoms with Crippen LogP contribution in [-0.4, -0.2) is 31.4 Å². The predicted molar refractivity (Wildman–Crippen MR) is 129 cm³/mol. The maximum absolute atomic E-state index is 12.7. The number of benzene rings is 2. The first-order valence-electron chi connectivity index (χ1n) is 10.4. The second-order valence-electron chi connectivity index (χ2n) is 7.73. The Hall–Kier alpha value is -3.45. The van der Waals surface area contributed by atoms with Crippen LogP contribution in [0.3, 0.4) is 0 Å². The van der Waals surface area contributed by atoms with Crippen LogP contribution in [0.4, 0.5) is 5.69 Å². The average molecular weight is 444 g/mol. The van der Waals surface area contributed by atoms with Gasteiger partial charge in [-0.15, -0.1) is 10.2 Å². The lowest BCUT2D eigenvalue weighted by molar-refractivity contribution is -0.113. The van der Waals surface area contributed by atoms with E-state index >= 15 is 0 Å². The van der Waals surface area contributed by atoms with Crippen LogP contribution in [0.15, 0.2) is 66.0 Å². The smallest absolute Gasteiger partial charge is 0.234 e. The van der Waals surface area contributed by atoms with Crippen LogP contribution >= 0.6 is 11.8 Å². The zero-order valence-corrected chi connectivity index (χ0v) is 19.4. The van der Waals surface area contributed by atoms with Gasteiger partial charge in [0.1, 0.15) is 5.69 Å². The molecular formula is C25H25N5OS. The molecule has 4 aromatic rings. The summed E-state index contributed by atoms with van der Waals surface area (Å²) < 4.78 is 1.98. The highest BCUT2D eigenvalue weighted by atomic mass is 32.2. The van der Waals surface area contributed by atoms with Crippen molar-refractivity contribution in [2.45, 2.75) is 32.9 Å². The summed E-state index contributed by atoms with van der Waals surface area (Å²) in [5.74, 6) is 0.784. The normalized spacial score (nSPS) is 10.9. The third-order valence-corrected chi connectivity index (χ3v) is 6.26. The summed E-state index contributed by atoms with van der Waals surface area (Å²) in [4.78, 5) is 17.1. The zero-order chi connectivity index (χ0) is 22.7. The Morgan fingerprint density at radius 3 is 2.56 bits per heavy atom. The summed E-state index contributed by atoms with van der Waals surface area (Å²) in [7, 11) is 0. The molecule has 0 saturated heterocycles. The number of aryl methyl sites for hydroxylation is 3. The highest BCUT2D eigenvalue weighted by Crippen LogP contribution is 2.29. The van der Waals surface area contributed by atoms with Crippen LogP contribution in [0, 0.1) is 27.7 Å². The fourth-order valence-electron chi connectivity index (χ4n) is 3.50. The average Bonchev–Trinajstić information content (AvgIpc) is 3.20. The van der Waals surface area contributed by atoms with Gasteiger partial charge in [-0.05, 0) is 68.7 Å². The van der Waals surface area contributed by atoms with Crippen LogP contribution in [0.2, 0.25) is 0 Å². The number of rotatable bonds is 6. The minimum atomic E-state index is -0.0849. The standard InChI is InChI=1S/C25H25N5OS/c1-16-11-12-22(18(3)14-16)30-24(21-9-5-6-13-26-21)28-29-25(30)32-15-23(31)27-20-10-7-8-17(2)19(20)4/h5-14H,15H2,1-4H3,(H,27,31). The molecule has 2 aromatic heterocycles. The van der Waals surface area contributed by atoms with Crippen LogP contribution in [0.1, 0.15) is 22.3 Å². The van der Waals surface area contributed by atoms with Crippen molar-refractivity contribution in [2.24, 2.45) is 0 Å². The molecule has 0 aliphatic carbocycles. The second-order valence-corrected chi connectivity index (χ2v) is 8.67. The molecule has 0 bridgehead atoms. The number of amides is 1. The van der Waals surface area contributed by atoms with E-state index in [1.54, 1.807) is 6.20 Å². The molecule has 0 aliphatic heterocycles. The van der Waals surface area contributed by atoms with E-state index in [-0.39, 0.29) is 11.7 Å². The summed E-state index contributed by atoms with van der Waals surface area (Å²) in [5, 5.41) is 12.5. The molecule has 0 spiro atoms. The molecule has 2 heterocycles. The lowest BCUT2D eigenvalue weighted by Crippen LogP contribution is -2.15. The van der Waals surface area contributed by atoms with E-state index in [9.17, 15) is 4.79 Å². The van der Waals surface area contributed by atoms with E-state index in [1.165, 1.54) is 17.3 Å². The number of hydrogen-bond donors (Lipinski definition) is 1. The number of carbonyl (C=O) groups is 1. The number of thioether (sulfide) groups is 1. The van der Waals surface area contributed by atoms with Crippen molar-refractivity contribution < 1.29 is 4.79 Å². The quantitative estimate of drug-likeness (QED) is 0.410. The maximum Gasteiger partial charge on any atom is 0.234 e. The minimum absolute atomic E-state index is 0.0849. The Bertz CT molecular complexity index is 1270. The summed E-state index contributed by atoms with van der Waals surface area (Å²) >= 11 is 1.36. The van der Waals surface area contributed by atoms with E-state index in [2.05, 4.69) is 52.5 Å². The molecule has 0 atom stereocenters. The molecule has 6 nitrogen and oxygen atoms in total. The number of aromatic nitrogens is 4. The Kier molecular flexibility index (Phi) is 6.37. The molecule has 0 radical (unpaired) electrons. The molecule has 162 valence electrons. The monoisotopic (exact) mass is 443 g/mol. The Morgan fingerprint density at radius 1 is 0.969 bits per heavy atom. The Morgan fingerprint density at radius 2 is 1.81 bits per heavy atom. The van der Waals surface area contributed by atoms with Gasteiger partial charge in [0, 0.05) is 11.9 Å². The summed E-state index contributed by atoms with van der Waals surface area (Å²) in [6.45, 7) is 8.17. The molecular weight excluding hydrogens is 418 g/mol. The van der Waals surface area contributed by atoms with Gasteiger partial charge in [0.2, 0.25) is 5.91 Å². The molecule has 32 heavy (non-hydrogen) atoms. The van der Waals surface area contributed by atoms with Crippen LogP contribution in [-0.2, 0) is 4.79 Å². The zero-order valence-electron chi connectivity index (χ0n) is 18.6. The summed E-state index contributed by atoms with van der Waals surface area (Å²) in [6.07, 6.45) is 1.74. The lowest BCUT2D eigenvalue weighted by Gasteiger charge is -2.13. The second kappa shape index (κ2) is 9.36. The molecule has 0 saturated carbocycles. The molecule has 4 rings (SSSR count). The number of anilines is 1. The molecule has 1 N–H and O–H groups in total. The van der Waals surface area contributed by atoms with Crippen LogP contribution in [0.5, 0.6) is 0 Å². The van der Waals surface area contributed by atoms with Gasteiger partial charge < -0.3 is 5.32 Å². The Balaban J connectivity index is 1.63. The van der Waals surface area contributed by atoms with Crippen molar-refractivity contribution in [3.8, 4) is 17.2 Å². The van der Waals surface area contributed by atoms with Crippen LogP contribution in [0.25, 0.3) is 17.2 Å². The fraction of sp³-hybridized carbons (Fsp3) is 0.200. The maximum atomic E-state index is 12.7. The van der Waals surface area contributed by atoms with Gasteiger partial charge in [0.05, 0.1) is 11.4 Å². The molecule has 2 aromatic carbocycles. The van der Waals surface area contributed by atoms with E-state index in [0.29, 0.717) is 11.0 Å².